The van der Waals surface area contributed by atoms with Gasteiger partial charge >= 0.3 is 0 Å². The van der Waals surface area contributed by atoms with Crippen LogP contribution in [0.1, 0.15) is 25.3 Å². The van der Waals surface area contributed by atoms with Gasteiger partial charge in [0.1, 0.15) is 0 Å². The highest BCUT2D eigenvalue weighted by Crippen LogP contribution is 2.18. The summed E-state index contributed by atoms with van der Waals surface area (Å²) in [5, 5.41) is 7.32. The van der Waals surface area contributed by atoms with Crippen molar-refractivity contribution in [2.75, 3.05) is 6.54 Å². The van der Waals surface area contributed by atoms with Crippen molar-refractivity contribution < 1.29 is 4.52 Å². The van der Waals surface area contributed by atoms with Crippen LogP contribution < -0.4 is 5.32 Å². The highest BCUT2D eigenvalue weighted by molar-refractivity contribution is 5.57. The topological polar surface area (TPSA) is 63.8 Å². The van der Waals surface area contributed by atoms with E-state index >= 15 is 0 Å². The predicted molar refractivity (Wildman–Crippen MR) is 69.1 cm³/mol. The molecule has 0 aliphatic carbocycles. The van der Waals surface area contributed by atoms with Crippen LogP contribution in [-0.2, 0) is 6.42 Å². The Kier molecular flexibility index (Phi) is 4.04. The van der Waals surface area contributed by atoms with Crippen molar-refractivity contribution in [2.45, 2.75) is 33.2 Å². The lowest BCUT2D eigenvalue weighted by Crippen LogP contribution is -2.25. The Morgan fingerprint density at radius 2 is 2.22 bits per heavy atom. The maximum atomic E-state index is 5.23. The molecule has 0 unspecified atom stereocenters. The third-order valence-corrected chi connectivity index (χ3v) is 2.62. The second-order valence-electron chi connectivity index (χ2n) is 4.56. The Labute approximate surface area is 107 Å². The zero-order valence-corrected chi connectivity index (χ0v) is 11.0. The molecule has 0 spiro atoms. The molecule has 0 fully saturated rings. The summed E-state index contributed by atoms with van der Waals surface area (Å²) in [6.45, 7) is 7.05. The molecule has 0 aliphatic heterocycles. The average Bonchev–Trinajstić information content (AvgIpc) is 2.78. The van der Waals surface area contributed by atoms with E-state index in [2.05, 4.69) is 34.3 Å². The summed E-state index contributed by atoms with van der Waals surface area (Å²) in [5.74, 6) is 1.30. The van der Waals surface area contributed by atoms with Gasteiger partial charge in [-0.1, -0.05) is 19.0 Å². The summed E-state index contributed by atoms with van der Waals surface area (Å²) < 4.78 is 5.23. The molecule has 2 aromatic heterocycles. The quantitative estimate of drug-likeness (QED) is 0.874. The van der Waals surface area contributed by atoms with Crippen LogP contribution in [0.4, 0.5) is 0 Å². The van der Waals surface area contributed by atoms with Gasteiger partial charge in [-0.15, -0.1) is 0 Å². The fourth-order valence-corrected chi connectivity index (χ4v) is 1.66. The molecule has 0 atom stereocenters. The molecule has 0 saturated carbocycles. The van der Waals surface area contributed by atoms with E-state index in [1.807, 2.05) is 13.0 Å². The van der Waals surface area contributed by atoms with E-state index in [-0.39, 0.29) is 0 Å². The minimum atomic E-state index is 0.467. The van der Waals surface area contributed by atoms with E-state index in [4.69, 9.17) is 4.52 Å². The van der Waals surface area contributed by atoms with Gasteiger partial charge in [0.15, 0.2) is 0 Å². The molecule has 0 saturated heterocycles. The molecule has 5 nitrogen and oxygen atoms in total. The van der Waals surface area contributed by atoms with E-state index in [0.29, 0.717) is 17.8 Å². The van der Waals surface area contributed by atoms with Crippen molar-refractivity contribution in [2.24, 2.45) is 0 Å². The normalized spacial score (nSPS) is 11.1. The summed E-state index contributed by atoms with van der Waals surface area (Å²) in [5.41, 5.74) is 2.02. The number of aryl methyl sites for hydroxylation is 1. The molecule has 0 aromatic carbocycles. The van der Waals surface area contributed by atoms with Gasteiger partial charge in [0.25, 0.3) is 0 Å². The molecule has 0 aliphatic rings. The van der Waals surface area contributed by atoms with Gasteiger partial charge in [-0.3, -0.25) is 4.98 Å². The molecule has 18 heavy (non-hydrogen) atoms. The van der Waals surface area contributed by atoms with Crippen LogP contribution in [0, 0.1) is 6.92 Å². The van der Waals surface area contributed by atoms with Gasteiger partial charge in [-0.05, 0) is 18.6 Å². The Hall–Kier alpha value is -1.75. The summed E-state index contributed by atoms with van der Waals surface area (Å²) in [6.07, 6.45) is 4.28. The van der Waals surface area contributed by atoms with Crippen LogP contribution in [0.25, 0.3) is 11.4 Å². The standard InChI is InChI=1S/C13H18N4O/c1-9(2)15-7-5-12-16-13(17-18-12)11-4-6-14-8-10(11)3/h4,6,8-9,15H,5,7H2,1-3H3. The van der Waals surface area contributed by atoms with Crippen LogP contribution in [0.15, 0.2) is 23.0 Å². The third kappa shape index (κ3) is 3.13. The van der Waals surface area contributed by atoms with Gasteiger partial charge in [-0.25, -0.2) is 0 Å². The van der Waals surface area contributed by atoms with Crippen molar-refractivity contribution in [3.63, 3.8) is 0 Å². The number of nitrogens with zero attached hydrogens (tertiary/aromatic N) is 3. The van der Waals surface area contributed by atoms with E-state index < -0.39 is 0 Å². The number of aromatic nitrogens is 3. The maximum absolute atomic E-state index is 5.23. The molecule has 1 N–H and O–H groups in total. The second-order valence-corrected chi connectivity index (χ2v) is 4.56. The number of hydrogen-bond donors (Lipinski definition) is 1. The fraction of sp³-hybridized carbons (Fsp3) is 0.462. The zero-order valence-electron chi connectivity index (χ0n) is 11.0. The first-order valence-corrected chi connectivity index (χ1v) is 6.14. The van der Waals surface area contributed by atoms with Gasteiger partial charge in [0.05, 0.1) is 0 Å². The Morgan fingerprint density at radius 1 is 1.39 bits per heavy atom. The lowest BCUT2D eigenvalue weighted by molar-refractivity contribution is 0.374. The zero-order chi connectivity index (χ0) is 13.0. The number of pyridine rings is 1. The summed E-state index contributed by atoms with van der Waals surface area (Å²) in [6, 6.07) is 2.37. The molecular formula is C13H18N4O. The molecule has 2 aromatic rings. The summed E-state index contributed by atoms with van der Waals surface area (Å²) >= 11 is 0. The van der Waals surface area contributed by atoms with Crippen LogP contribution in [0.3, 0.4) is 0 Å². The van der Waals surface area contributed by atoms with Gasteiger partial charge in [0, 0.05) is 37.0 Å². The lowest BCUT2D eigenvalue weighted by Gasteiger charge is -2.04. The summed E-state index contributed by atoms with van der Waals surface area (Å²) in [4.78, 5) is 8.44. The number of hydrogen-bond acceptors (Lipinski definition) is 5. The fourth-order valence-electron chi connectivity index (χ4n) is 1.66. The predicted octanol–water partition coefficient (Wildman–Crippen LogP) is 1.98. The van der Waals surface area contributed by atoms with Crippen LogP contribution >= 0.6 is 0 Å². The van der Waals surface area contributed by atoms with E-state index in [1.54, 1.807) is 12.4 Å². The van der Waals surface area contributed by atoms with Crippen molar-refractivity contribution in [1.82, 2.24) is 20.4 Å². The molecule has 0 bridgehead atoms. The van der Waals surface area contributed by atoms with Crippen LogP contribution in [0.2, 0.25) is 0 Å². The smallest absolute Gasteiger partial charge is 0.228 e. The largest absolute Gasteiger partial charge is 0.339 e. The first-order valence-electron chi connectivity index (χ1n) is 6.14. The maximum Gasteiger partial charge on any atom is 0.228 e. The highest BCUT2D eigenvalue weighted by Gasteiger charge is 2.10. The van der Waals surface area contributed by atoms with Gasteiger partial charge in [0.2, 0.25) is 11.7 Å². The summed E-state index contributed by atoms with van der Waals surface area (Å²) in [7, 11) is 0. The van der Waals surface area contributed by atoms with Gasteiger partial charge in [-0.2, -0.15) is 4.98 Å². The molecule has 0 amide bonds. The lowest BCUT2D eigenvalue weighted by atomic mass is 10.1. The van der Waals surface area contributed by atoms with Gasteiger partial charge < -0.3 is 9.84 Å². The van der Waals surface area contributed by atoms with Crippen LogP contribution in [-0.4, -0.2) is 27.7 Å². The molecule has 5 heteroatoms. The molecule has 2 heterocycles. The minimum absolute atomic E-state index is 0.467. The molecule has 2 rings (SSSR count). The SMILES string of the molecule is Cc1cnccc1-c1noc(CCNC(C)C)n1. The first-order chi connectivity index (χ1) is 8.66. The first kappa shape index (κ1) is 12.7. The molecule has 0 radical (unpaired) electrons. The van der Waals surface area contributed by atoms with E-state index in [1.165, 1.54) is 0 Å². The monoisotopic (exact) mass is 246 g/mol. The number of rotatable bonds is 5. The minimum Gasteiger partial charge on any atom is -0.339 e. The highest BCUT2D eigenvalue weighted by atomic mass is 16.5. The third-order valence-electron chi connectivity index (χ3n) is 2.62. The molecular weight excluding hydrogens is 228 g/mol. The Balaban J connectivity index is 2.04. The van der Waals surface area contributed by atoms with Crippen LogP contribution in [0.5, 0.6) is 0 Å². The second kappa shape index (κ2) is 5.73. The van der Waals surface area contributed by atoms with E-state index in [9.17, 15) is 0 Å². The number of nitrogens with one attached hydrogen (secondary N) is 1. The Morgan fingerprint density at radius 3 is 2.94 bits per heavy atom. The van der Waals surface area contributed by atoms with Crippen molar-refractivity contribution in [1.29, 1.82) is 0 Å². The van der Waals surface area contributed by atoms with E-state index in [0.717, 1.165) is 24.1 Å². The van der Waals surface area contributed by atoms with Crippen molar-refractivity contribution in [3.05, 3.63) is 29.9 Å². The van der Waals surface area contributed by atoms with Crippen molar-refractivity contribution in [3.8, 4) is 11.4 Å². The molecule has 96 valence electrons. The average molecular weight is 246 g/mol. The van der Waals surface area contributed by atoms with Crippen molar-refractivity contribution >= 4 is 0 Å². The Bertz CT molecular complexity index is 507.